The average molecular weight is 682 g/mol. The molecule has 1 aromatic carbocycles. The van der Waals surface area contributed by atoms with E-state index >= 15 is 0 Å². The predicted molar refractivity (Wildman–Crippen MR) is 195 cm³/mol. The van der Waals surface area contributed by atoms with Gasteiger partial charge in [-0.15, -0.1) is 0 Å². The number of hydrogen-bond acceptors (Lipinski definition) is 6. The fourth-order valence-electron chi connectivity index (χ4n) is 9.04. The smallest absolute Gasteiger partial charge is 0.410 e. The van der Waals surface area contributed by atoms with Gasteiger partial charge < -0.3 is 14.4 Å². The lowest BCUT2D eigenvalue weighted by atomic mass is 9.51. The highest BCUT2D eigenvalue weighted by molar-refractivity contribution is 5.95. The number of carbonyl (C=O) groups excluding carboxylic acids is 2. The average Bonchev–Trinajstić information content (AvgIpc) is 3.62. The lowest BCUT2D eigenvalue weighted by Crippen LogP contribution is -2.52. The highest BCUT2D eigenvalue weighted by atomic mass is 16.6. The maximum absolute atomic E-state index is 14.7. The van der Waals surface area contributed by atoms with Gasteiger partial charge in [-0.3, -0.25) is 14.4 Å². The molecule has 1 saturated heterocycles. The first kappa shape index (κ1) is 34.6. The molecule has 50 heavy (non-hydrogen) atoms. The molecule has 0 radical (unpaired) electrons. The maximum Gasteiger partial charge on any atom is 0.410 e. The van der Waals surface area contributed by atoms with E-state index in [4.69, 9.17) is 19.6 Å². The molecule has 0 atom stereocenters. The number of ether oxygens (including phenoxy) is 2. The summed E-state index contributed by atoms with van der Waals surface area (Å²) in [6, 6.07) is 12.8. The van der Waals surface area contributed by atoms with Crippen molar-refractivity contribution < 1.29 is 19.1 Å². The first-order valence-corrected chi connectivity index (χ1v) is 18.8. The van der Waals surface area contributed by atoms with Crippen LogP contribution in [-0.4, -0.2) is 64.5 Å². The van der Waals surface area contributed by atoms with Gasteiger partial charge in [-0.25, -0.2) is 9.78 Å². The van der Waals surface area contributed by atoms with Crippen molar-refractivity contribution in [1.29, 1.82) is 0 Å². The number of carbonyl (C=O) groups is 2. The van der Waals surface area contributed by atoms with Gasteiger partial charge in [0.05, 0.1) is 18.3 Å². The van der Waals surface area contributed by atoms with E-state index in [1.807, 2.05) is 34.1 Å². The highest BCUT2D eigenvalue weighted by Gasteiger charge is 2.51. The van der Waals surface area contributed by atoms with Crippen LogP contribution >= 0.6 is 0 Å². The van der Waals surface area contributed by atoms with E-state index in [1.165, 1.54) is 11.1 Å². The molecule has 5 aliphatic rings. The van der Waals surface area contributed by atoms with Crippen LogP contribution in [0.25, 0.3) is 11.3 Å². The first-order valence-electron chi connectivity index (χ1n) is 18.8. The van der Waals surface area contributed by atoms with Gasteiger partial charge in [0, 0.05) is 43.5 Å². The second-order valence-electron chi connectivity index (χ2n) is 17.0. The standard InChI is InChI=1S/C41H55N5O4/c1-28-25-44(26-28)38(48)50-33-10-7-30(8-11-33)37(47)45(36-24-31(13-21-42-36)34-14-22-46(43-34)39(3,4)5)27-40-15-18-41(19-16-40,20-17-40)32-9-12-35(49-6)29(2)23-32/h9,12-14,21-24,28,30,33H,7-8,10-11,15-20,25-27H2,1-6H3. The third kappa shape index (κ3) is 6.76. The van der Waals surface area contributed by atoms with Crippen LogP contribution in [0.3, 0.4) is 0 Å². The lowest BCUT2D eigenvalue weighted by molar-refractivity contribution is -0.124. The van der Waals surface area contributed by atoms with Gasteiger partial charge in [-0.2, -0.15) is 5.10 Å². The van der Waals surface area contributed by atoms with Gasteiger partial charge >= 0.3 is 6.09 Å². The van der Waals surface area contributed by atoms with Crippen LogP contribution in [0.15, 0.2) is 48.8 Å². The molecule has 9 nitrogen and oxygen atoms in total. The number of amides is 2. The molecule has 0 spiro atoms. The van der Waals surface area contributed by atoms with Crippen molar-refractivity contribution in [3.8, 4) is 17.0 Å². The van der Waals surface area contributed by atoms with E-state index < -0.39 is 0 Å². The molecule has 0 unspecified atom stereocenters. The number of aromatic nitrogens is 3. The Hall–Kier alpha value is -3.88. The number of likely N-dealkylation sites (tertiary alicyclic amines) is 1. The van der Waals surface area contributed by atoms with E-state index in [1.54, 1.807) is 12.0 Å². The van der Waals surface area contributed by atoms with Crippen LogP contribution in [0.2, 0.25) is 0 Å². The SMILES string of the molecule is COc1ccc(C23CCC(CN(C(=O)C4CCC(OC(=O)N5CC(C)C5)CC4)c4cc(-c5ccn(C(C)(C)C)n5)ccn4)(CC2)CC3)cc1C. The van der Waals surface area contributed by atoms with Crippen molar-refractivity contribution in [3.63, 3.8) is 0 Å². The number of nitrogens with zero attached hydrogens (tertiary/aromatic N) is 5. The number of pyridine rings is 1. The molecule has 2 aromatic heterocycles. The Kier molecular flexibility index (Phi) is 9.23. The molecule has 3 aromatic rings. The summed E-state index contributed by atoms with van der Waals surface area (Å²) in [4.78, 5) is 35.9. The molecule has 9 heteroatoms. The number of methoxy groups -OCH3 is 1. The fraction of sp³-hybridized carbons (Fsp3) is 0.610. The molecule has 3 heterocycles. The number of fused-ring (bicyclic) bond motifs is 3. The summed E-state index contributed by atoms with van der Waals surface area (Å²) in [5.74, 6) is 2.22. The zero-order valence-corrected chi connectivity index (χ0v) is 30.9. The topological polar surface area (TPSA) is 89.8 Å². The molecule has 5 fully saturated rings. The minimum atomic E-state index is -0.205. The monoisotopic (exact) mass is 681 g/mol. The Morgan fingerprint density at radius 1 is 0.960 bits per heavy atom. The minimum Gasteiger partial charge on any atom is -0.496 e. The van der Waals surface area contributed by atoms with Crippen LogP contribution < -0.4 is 9.64 Å². The molecule has 4 aliphatic carbocycles. The third-order valence-corrected chi connectivity index (χ3v) is 12.4. The Balaban J connectivity index is 1.10. The quantitative estimate of drug-likeness (QED) is 0.238. The molecule has 8 rings (SSSR count). The summed E-state index contributed by atoms with van der Waals surface area (Å²) in [7, 11) is 1.74. The first-order chi connectivity index (χ1) is 23.9. The summed E-state index contributed by atoms with van der Waals surface area (Å²) >= 11 is 0. The Morgan fingerprint density at radius 3 is 2.26 bits per heavy atom. The van der Waals surface area contributed by atoms with Crippen LogP contribution in [0.5, 0.6) is 5.75 Å². The predicted octanol–water partition coefficient (Wildman–Crippen LogP) is 8.29. The summed E-state index contributed by atoms with van der Waals surface area (Å²) < 4.78 is 13.4. The number of hydrogen-bond donors (Lipinski definition) is 0. The van der Waals surface area contributed by atoms with Crippen LogP contribution in [0.4, 0.5) is 10.6 Å². The second-order valence-corrected chi connectivity index (χ2v) is 17.0. The molecule has 4 saturated carbocycles. The van der Waals surface area contributed by atoms with Crippen LogP contribution in [-0.2, 0) is 20.5 Å². The zero-order chi connectivity index (χ0) is 35.3. The van der Waals surface area contributed by atoms with Gasteiger partial charge in [0.25, 0.3) is 0 Å². The molecule has 1 aliphatic heterocycles. The molecular weight excluding hydrogens is 626 g/mol. The van der Waals surface area contributed by atoms with E-state index in [9.17, 15) is 9.59 Å². The Morgan fingerprint density at radius 2 is 1.66 bits per heavy atom. The minimum absolute atomic E-state index is 0.0610. The Bertz CT molecular complexity index is 1690. The zero-order valence-electron chi connectivity index (χ0n) is 30.9. The van der Waals surface area contributed by atoms with Crippen molar-refractivity contribution in [3.05, 3.63) is 59.9 Å². The van der Waals surface area contributed by atoms with Gasteiger partial charge in [0.15, 0.2) is 0 Å². The van der Waals surface area contributed by atoms with E-state index in [-0.39, 0.29) is 40.4 Å². The van der Waals surface area contributed by atoms with Gasteiger partial charge in [-0.05, 0) is 144 Å². The maximum atomic E-state index is 14.7. The number of benzene rings is 1. The molecular formula is C41H55N5O4. The van der Waals surface area contributed by atoms with E-state index in [0.29, 0.717) is 44.0 Å². The normalized spacial score (nSPS) is 26.7. The summed E-state index contributed by atoms with van der Waals surface area (Å²) in [6.45, 7) is 12.9. The van der Waals surface area contributed by atoms with Crippen LogP contribution in [0, 0.1) is 24.2 Å². The van der Waals surface area contributed by atoms with Crippen molar-refractivity contribution in [1.82, 2.24) is 19.7 Å². The van der Waals surface area contributed by atoms with Gasteiger partial charge in [-0.1, -0.05) is 19.1 Å². The van der Waals surface area contributed by atoms with E-state index in [2.05, 4.69) is 58.9 Å². The van der Waals surface area contributed by atoms with Crippen molar-refractivity contribution in [2.75, 3.05) is 31.6 Å². The van der Waals surface area contributed by atoms with Crippen LogP contribution in [0.1, 0.15) is 103 Å². The van der Waals surface area contributed by atoms with Crippen molar-refractivity contribution in [2.24, 2.45) is 17.3 Å². The Labute approximate surface area is 297 Å². The lowest BCUT2D eigenvalue weighted by Gasteiger charge is -2.55. The third-order valence-electron chi connectivity index (χ3n) is 12.4. The largest absolute Gasteiger partial charge is 0.496 e. The summed E-state index contributed by atoms with van der Waals surface area (Å²) in [5, 5.41) is 4.88. The van der Waals surface area contributed by atoms with Gasteiger partial charge in [0.1, 0.15) is 17.7 Å². The molecule has 2 bridgehead atoms. The number of rotatable bonds is 8. The van der Waals surface area contributed by atoms with Crippen molar-refractivity contribution >= 4 is 17.8 Å². The molecule has 268 valence electrons. The summed E-state index contributed by atoms with van der Waals surface area (Å²) in [5.41, 5.74) is 4.59. The second kappa shape index (κ2) is 13.3. The van der Waals surface area contributed by atoms with E-state index in [0.717, 1.165) is 68.6 Å². The summed E-state index contributed by atoms with van der Waals surface area (Å²) in [6.07, 6.45) is 13.0. The molecule has 0 N–H and O–H groups in total. The van der Waals surface area contributed by atoms with Gasteiger partial charge in [0.2, 0.25) is 5.91 Å². The number of anilines is 1. The van der Waals surface area contributed by atoms with Crippen molar-refractivity contribution in [2.45, 2.75) is 116 Å². The number of aryl methyl sites for hydroxylation is 1. The highest BCUT2D eigenvalue weighted by Crippen LogP contribution is 2.58. The molecule has 2 amide bonds. The fourth-order valence-corrected chi connectivity index (χ4v) is 9.04.